The van der Waals surface area contributed by atoms with Crippen molar-refractivity contribution < 1.29 is 0 Å². The van der Waals surface area contributed by atoms with Gasteiger partial charge in [-0.25, -0.2) is 0 Å². The van der Waals surface area contributed by atoms with Gasteiger partial charge in [0.2, 0.25) is 0 Å². The van der Waals surface area contributed by atoms with Crippen LogP contribution in [-0.2, 0) is 6.54 Å². The molecule has 3 heteroatoms. The van der Waals surface area contributed by atoms with Gasteiger partial charge < -0.3 is 10.2 Å². The monoisotopic (exact) mass is 302 g/mol. The van der Waals surface area contributed by atoms with Crippen molar-refractivity contribution in [3.8, 4) is 0 Å². The van der Waals surface area contributed by atoms with Crippen molar-refractivity contribution in [3.05, 3.63) is 57.8 Å². The minimum absolute atomic E-state index is 0.462. The van der Waals surface area contributed by atoms with E-state index < -0.39 is 0 Å². The molecule has 1 N–H and O–H groups in total. The lowest BCUT2D eigenvalue weighted by molar-refractivity contribution is 0.317. The first-order valence-corrected chi connectivity index (χ1v) is 8.54. The molecule has 21 heavy (non-hydrogen) atoms. The molecule has 0 bridgehead atoms. The minimum Gasteiger partial charge on any atom is -0.309 e. The largest absolute Gasteiger partial charge is 0.309 e. The molecule has 1 aromatic carbocycles. The Morgan fingerprint density at radius 3 is 2.62 bits per heavy atom. The molecule has 0 aliphatic rings. The van der Waals surface area contributed by atoms with Crippen LogP contribution in [0.15, 0.2) is 41.8 Å². The van der Waals surface area contributed by atoms with Gasteiger partial charge in [-0.3, -0.25) is 0 Å². The molecule has 0 spiro atoms. The van der Waals surface area contributed by atoms with Crippen molar-refractivity contribution in [3.63, 3.8) is 0 Å². The molecule has 0 aliphatic carbocycles. The van der Waals surface area contributed by atoms with Crippen molar-refractivity contribution in [2.45, 2.75) is 32.9 Å². The van der Waals surface area contributed by atoms with Gasteiger partial charge >= 0.3 is 0 Å². The van der Waals surface area contributed by atoms with Crippen LogP contribution in [0, 0.1) is 6.92 Å². The third-order valence-corrected chi connectivity index (χ3v) is 4.96. The van der Waals surface area contributed by atoms with Gasteiger partial charge in [-0.1, -0.05) is 30.3 Å². The van der Waals surface area contributed by atoms with E-state index in [0.29, 0.717) is 6.04 Å². The second-order valence-corrected chi connectivity index (χ2v) is 6.67. The molecule has 0 saturated heterocycles. The molecule has 1 aromatic heterocycles. The summed E-state index contributed by atoms with van der Waals surface area (Å²) in [5, 5.41) is 5.81. The smallest absolute Gasteiger partial charge is 0.0388 e. The number of nitrogens with zero attached hydrogens (tertiary/aromatic N) is 1. The molecule has 2 aromatic rings. The molecule has 2 rings (SSSR count). The zero-order chi connectivity index (χ0) is 15.1. The second-order valence-electron chi connectivity index (χ2n) is 5.72. The predicted molar refractivity (Wildman–Crippen MR) is 92.9 cm³/mol. The maximum absolute atomic E-state index is 3.63. The van der Waals surface area contributed by atoms with Crippen molar-refractivity contribution in [1.82, 2.24) is 10.2 Å². The first-order valence-electron chi connectivity index (χ1n) is 7.66. The third-order valence-electron chi connectivity index (χ3n) is 3.76. The van der Waals surface area contributed by atoms with Crippen LogP contribution in [0.25, 0.3) is 0 Å². The Labute approximate surface area is 132 Å². The van der Waals surface area contributed by atoms with Gasteiger partial charge in [-0.15, -0.1) is 11.3 Å². The Kier molecular flexibility index (Phi) is 6.43. The molecule has 0 aliphatic heterocycles. The van der Waals surface area contributed by atoms with Crippen LogP contribution in [0.3, 0.4) is 0 Å². The van der Waals surface area contributed by atoms with E-state index in [0.717, 1.165) is 19.6 Å². The lowest BCUT2D eigenvalue weighted by Gasteiger charge is -2.18. The van der Waals surface area contributed by atoms with E-state index in [4.69, 9.17) is 0 Å². The number of nitrogens with one attached hydrogen (secondary N) is 1. The summed E-state index contributed by atoms with van der Waals surface area (Å²) in [7, 11) is 2.19. The highest BCUT2D eigenvalue weighted by Gasteiger charge is 2.08. The number of rotatable bonds is 8. The Balaban J connectivity index is 1.64. The maximum Gasteiger partial charge on any atom is 0.0388 e. The molecule has 0 fully saturated rings. The molecule has 1 heterocycles. The summed E-state index contributed by atoms with van der Waals surface area (Å²) in [6.07, 6.45) is 1.18. The quantitative estimate of drug-likeness (QED) is 0.734. The van der Waals surface area contributed by atoms with Crippen molar-refractivity contribution in [1.29, 1.82) is 0 Å². The van der Waals surface area contributed by atoms with Gasteiger partial charge in [-0.2, -0.15) is 0 Å². The summed E-state index contributed by atoms with van der Waals surface area (Å²) in [6.45, 7) is 7.67. The molecule has 114 valence electrons. The van der Waals surface area contributed by atoms with E-state index in [2.05, 4.69) is 72.9 Å². The summed E-state index contributed by atoms with van der Waals surface area (Å²) in [5.41, 5.74) is 2.79. The van der Waals surface area contributed by atoms with E-state index >= 15 is 0 Å². The number of aryl methyl sites for hydroxylation is 1. The van der Waals surface area contributed by atoms with Crippen LogP contribution in [0.2, 0.25) is 0 Å². The van der Waals surface area contributed by atoms with Gasteiger partial charge in [0.25, 0.3) is 0 Å². The number of hydrogen-bond donors (Lipinski definition) is 1. The molecule has 0 saturated carbocycles. The highest BCUT2D eigenvalue weighted by Crippen LogP contribution is 2.23. The van der Waals surface area contributed by atoms with Crippen LogP contribution in [0.1, 0.15) is 35.4 Å². The van der Waals surface area contributed by atoms with Crippen LogP contribution in [-0.4, -0.2) is 25.0 Å². The highest BCUT2D eigenvalue weighted by molar-refractivity contribution is 7.10. The van der Waals surface area contributed by atoms with Crippen LogP contribution < -0.4 is 5.32 Å². The maximum atomic E-state index is 3.63. The topological polar surface area (TPSA) is 15.3 Å². The standard InChI is InChI=1S/C18H26N2S/c1-15-10-13-21-18(15)16(2)19-11-7-12-20(3)14-17-8-5-4-6-9-17/h4-6,8-10,13,16,19H,7,11-12,14H2,1-3H3. The number of hydrogen-bond acceptors (Lipinski definition) is 3. The van der Waals surface area contributed by atoms with Gasteiger partial charge in [0.05, 0.1) is 0 Å². The summed E-state index contributed by atoms with van der Waals surface area (Å²) >= 11 is 1.85. The normalized spacial score (nSPS) is 12.8. The highest BCUT2D eigenvalue weighted by atomic mass is 32.1. The Morgan fingerprint density at radius 2 is 1.95 bits per heavy atom. The van der Waals surface area contributed by atoms with E-state index in [1.807, 2.05) is 11.3 Å². The SMILES string of the molecule is Cc1ccsc1C(C)NCCCN(C)Cc1ccccc1. The molecule has 0 radical (unpaired) electrons. The molecular weight excluding hydrogens is 276 g/mol. The summed E-state index contributed by atoms with van der Waals surface area (Å²) in [4.78, 5) is 3.85. The van der Waals surface area contributed by atoms with Crippen molar-refractivity contribution in [2.75, 3.05) is 20.1 Å². The average Bonchev–Trinajstić information content (AvgIpc) is 2.91. The fraction of sp³-hybridized carbons (Fsp3) is 0.444. The Hall–Kier alpha value is -1.16. The van der Waals surface area contributed by atoms with E-state index in [1.54, 1.807) is 0 Å². The fourth-order valence-corrected chi connectivity index (χ4v) is 3.52. The predicted octanol–water partition coefficient (Wildman–Crippen LogP) is 4.23. The average molecular weight is 302 g/mol. The van der Waals surface area contributed by atoms with Gasteiger partial charge in [0.1, 0.15) is 0 Å². The Morgan fingerprint density at radius 1 is 1.19 bits per heavy atom. The van der Waals surface area contributed by atoms with E-state index in [9.17, 15) is 0 Å². The third kappa shape index (κ3) is 5.27. The zero-order valence-corrected chi connectivity index (χ0v) is 14.1. The molecule has 1 atom stereocenters. The van der Waals surface area contributed by atoms with E-state index in [1.165, 1.54) is 22.4 Å². The molecular formula is C18H26N2S. The Bertz CT molecular complexity index is 521. The minimum atomic E-state index is 0.462. The van der Waals surface area contributed by atoms with Gasteiger partial charge in [-0.05, 0) is 63.0 Å². The first-order chi connectivity index (χ1) is 10.2. The van der Waals surface area contributed by atoms with Gasteiger partial charge in [0, 0.05) is 17.5 Å². The molecule has 1 unspecified atom stereocenters. The van der Waals surface area contributed by atoms with Crippen LogP contribution in [0.4, 0.5) is 0 Å². The lowest BCUT2D eigenvalue weighted by Crippen LogP contribution is -2.25. The summed E-state index contributed by atoms with van der Waals surface area (Å²) in [6, 6.07) is 13.3. The van der Waals surface area contributed by atoms with Crippen LogP contribution >= 0.6 is 11.3 Å². The summed E-state index contributed by atoms with van der Waals surface area (Å²) in [5.74, 6) is 0. The van der Waals surface area contributed by atoms with E-state index in [-0.39, 0.29) is 0 Å². The fourth-order valence-electron chi connectivity index (χ4n) is 2.56. The molecule has 0 amide bonds. The van der Waals surface area contributed by atoms with Crippen LogP contribution in [0.5, 0.6) is 0 Å². The molecule has 2 nitrogen and oxygen atoms in total. The lowest BCUT2D eigenvalue weighted by atomic mass is 10.2. The first kappa shape index (κ1) is 16.2. The summed E-state index contributed by atoms with van der Waals surface area (Å²) < 4.78 is 0. The van der Waals surface area contributed by atoms with Crippen molar-refractivity contribution in [2.24, 2.45) is 0 Å². The second kappa shape index (κ2) is 8.32. The zero-order valence-electron chi connectivity index (χ0n) is 13.3. The number of thiophene rings is 1. The van der Waals surface area contributed by atoms with Crippen molar-refractivity contribution >= 4 is 11.3 Å². The number of benzene rings is 1. The van der Waals surface area contributed by atoms with Gasteiger partial charge in [0.15, 0.2) is 0 Å².